The number of halogens is 1. The lowest BCUT2D eigenvalue weighted by Crippen LogP contribution is -2.18. The molecule has 1 atom stereocenters. The lowest BCUT2D eigenvalue weighted by atomic mass is 9.87. The largest absolute Gasteiger partial charge is 0.488 e. The van der Waals surface area contributed by atoms with Crippen molar-refractivity contribution in [3.8, 4) is 5.75 Å². The molecule has 1 aliphatic rings. The van der Waals surface area contributed by atoms with Gasteiger partial charge in [0.15, 0.2) is 5.75 Å². The van der Waals surface area contributed by atoms with Crippen LogP contribution >= 0.6 is 15.9 Å². The Bertz CT molecular complexity index is 881. The molecule has 1 heterocycles. The van der Waals surface area contributed by atoms with Crippen LogP contribution in [0.15, 0.2) is 56.7 Å². The Morgan fingerprint density at radius 1 is 1.12 bits per heavy atom. The van der Waals surface area contributed by atoms with Gasteiger partial charge in [-0.1, -0.05) is 45.0 Å². The second-order valence-electron chi connectivity index (χ2n) is 7.08. The normalized spacial score (nSPS) is 17.4. The molecule has 0 N–H and O–H groups in total. The molecule has 0 amide bonds. The lowest BCUT2D eigenvalue weighted by molar-refractivity contribution is 0.256. The van der Waals surface area contributed by atoms with Crippen LogP contribution in [0, 0.1) is 0 Å². The Hall–Kier alpha value is -1.37. The fraction of sp³-hybridized carbons (Fsp3) is 0.368. The van der Waals surface area contributed by atoms with Gasteiger partial charge in [0.1, 0.15) is 17.6 Å². The number of hydrogen-bond acceptors (Lipinski definition) is 4. The molecule has 0 radical (unpaired) electrons. The molecular weight excluding hydrogens is 404 g/mol. The van der Waals surface area contributed by atoms with E-state index < -0.39 is 9.84 Å². The van der Waals surface area contributed by atoms with Crippen LogP contribution in [0.25, 0.3) is 0 Å². The Kier molecular flexibility index (Phi) is 4.97. The van der Waals surface area contributed by atoms with E-state index in [0.717, 1.165) is 5.56 Å². The third-order valence-electron chi connectivity index (χ3n) is 4.02. The summed E-state index contributed by atoms with van der Waals surface area (Å²) in [6.45, 7) is 7.00. The van der Waals surface area contributed by atoms with Gasteiger partial charge in [0.25, 0.3) is 0 Å². The van der Waals surface area contributed by atoms with E-state index in [1.54, 1.807) is 30.3 Å². The molecular formula is C19H21BrO4S. The molecule has 1 unspecified atom stereocenters. The fourth-order valence-corrected chi connectivity index (χ4v) is 5.06. The number of para-hydroxylation sites is 1. The van der Waals surface area contributed by atoms with E-state index in [2.05, 4.69) is 15.9 Å². The first-order chi connectivity index (χ1) is 11.7. The molecule has 25 heavy (non-hydrogen) atoms. The van der Waals surface area contributed by atoms with E-state index in [4.69, 9.17) is 9.47 Å². The van der Waals surface area contributed by atoms with Crippen LogP contribution in [0.4, 0.5) is 0 Å². The molecule has 2 aromatic carbocycles. The van der Waals surface area contributed by atoms with Crippen molar-refractivity contribution in [3.05, 3.63) is 52.5 Å². The molecule has 0 aromatic heterocycles. The summed E-state index contributed by atoms with van der Waals surface area (Å²) in [4.78, 5) is 0.479. The highest BCUT2D eigenvalue weighted by molar-refractivity contribution is 9.10. The summed E-state index contributed by atoms with van der Waals surface area (Å²) < 4.78 is 38.3. The van der Waals surface area contributed by atoms with E-state index in [1.165, 1.54) is 0 Å². The van der Waals surface area contributed by atoms with Crippen LogP contribution in [0.3, 0.4) is 0 Å². The number of sulfone groups is 1. The maximum atomic E-state index is 13.4. The number of ether oxygens (including phenoxy) is 2. The second kappa shape index (κ2) is 6.74. The highest BCUT2D eigenvalue weighted by atomic mass is 79.9. The zero-order chi connectivity index (χ0) is 18.2. The van der Waals surface area contributed by atoms with Crippen molar-refractivity contribution in [3.63, 3.8) is 0 Å². The van der Waals surface area contributed by atoms with Gasteiger partial charge in [-0.2, -0.15) is 0 Å². The zero-order valence-electron chi connectivity index (χ0n) is 14.5. The SMILES string of the molecule is CC(C)(C)c1ccccc1S(=O)(=O)c1cccc(Br)c1OCC1CO1. The van der Waals surface area contributed by atoms with Crippen molar-refractivity contribution in [2.24, 2.45) is 0 Å². The number of epoxide rings is 1. The topological polar surface area (TPSA) is 55.9 Å². The minimum atomic E-state index is -3.73. The molecule has 1 aliphatic heterocycles. The smallest absolute Gasteiger partial charge is 0.210 e. The molecule has 134 valence electrons. The Morgan fingerprint density at radius 3 is 2.40 bits per heavy atom. The quantitative estimate of drug-likeness (QED) is 0.669. The predicted octanol–water partition coefficient (Wildman–Crippen LogP) is 4.36. The van der Waals surface area contributed by atoms with E-state index in [0.29, 0.717) is 28.3 Å². The summed E-state index contributed by atoms with van der Waals surface area (Å²) >= 11 is 3.41. The van der Waals surface area contributed by atoms with Crippen molar-refractivity contribution in [2.45, 2.75) is 42.1 Å². The van der Waals surface area contributed by atoms with Crippen LogP contribution < -0.4 is 4.74 Å². The van der Waals surface area contributed by atoms with E-state index in [9.17, 15) is 8.42 Å². The van der Waals surface area contributed by atoms with Gasteiger partial charge < -0.3 is 9.47 Å². The summed E-state index contributed by atoms with van der Waals surface area (Å²) in [6, 6.07) is 12.2. The van der Waals surface area contributed by atoms with Crippen molar-refractivity contribution in [2.75, 3.05) is 13.2 Å². The van der Waals surface area contributed by atoms with E-state index in [-0.39, 0.29) is 16.4 Å². The Labute approximate surface area is 157 Å². The highest BCUT2D eigenvalue weighted by Gasteiger charge is 2.31. The second-order valence-corrected chi connectivity index (χ2v) is 9.82. The van der Waals surface area contributed by atoms with Crippen molar-refractivity contribution in [1.82, 2.24) is 0 Å². The Balaban J connectivity index is 2.11. The molecule has 3 rings (SSSR count). The molecule has 2 aromatic rings. The Morgan fingerprint density at radius 2 is 1.76 bits per heavy atom. The van der Waals surface area contributed by atoms with Crippen LogP contribution in [-0.4, -0.2) is 27.7 Å². The van der Waals surface area contributed by atoms with Crippen LogP contribution in [0.5, 0.6) is 5.75 Å². The summed E-state index contributed by atoms with van der Waals surface area (Å²) in [6.07, 6.45) is 0.0459. The minimum absolute atomic E-state index is 0.0459. The number of hydrogen-bond donors (Lipinski definition) is 0. The van der Waals surface area contributed by atoms with Gasteiger partial charge >= 0.3 is 0 Å². The van der Waals surface area contributed by atoms with Crippen molar-refractivity contribution < 1.29 is 17.9 Å². The molecule has 4 nitrogen and oxygen atoms in total. The zero-order valence-corrected chi connectivity index (χ0v) is 16.9. The van der Waals surface area contributed by atoms with Gasteiger partial charge in [0.05, 0.1) is 16.0 Å². The highest BCUT2D eigenvalue weighted by Crippen LogP contribution is 2.39. The van der Waals surface area contributed by atoms with Gasteiger partial charge in [-0.15, -0.1) is 0 Å². The first-order valence-electron chi connectivity index (χ1n) is 8.09. The third kappa shape index (κ3) is 3.91. The third-order valence-corrected chi connectivity index (χ3v) is 6.48. The number of benzene rings is 2. The maximum Gasteiger partial charge on any atom is 0.210 e. The van der Waals surface area contributed by atoms with Crippen LogP contribution in [0.1, 0.15) is 26.3 Å². The first kappa shape index (κ1) is 18.4. The van der Waals surface area contributed by atoms with Crippen molar-refractivity contribution >= 4 is 25.8 Å². The average Bonchev–Trinajstić information content (AvgIpc) is 3.37. The van der Waals surface area contributed by atoms with Gasteiger partial charge in [0.2, 0.25) is 9.84 Å². The molecule has 0 aliphatic carbocycles. The molecule has 0 spiro atoms. The molecule has 0 bridgehead atoms. The summed E-state index contributed by atoms with van der Waals surface area (Å²) in [5.41, 5.74) is 0.491. The van der Waals surface area contributed by atoms with E-state index in [1.807, 2.05) is 32.9 Å². The van der Waals surface area contributed by atoms with Gasteiger partial charge in [0, 0.05) is 0 Å². The summed E-state index contributed by atoms with van der Waals surface area (Å²) in [5.74, 6) is 0.335. The predicted molar refractivity (Wildman–Crippen MR) is 100.0 cm³/mol. The minimum Gasteiger partial charge on any atom is -0.488 e. The lowest BCUT2D eigenvalue weighted by Gasteiger charge is -2.23. The summed E-state index contributed by atoms with van der Waals surface area (Å²) in [5, 5.41) is 0. The van der Waals surface area contributed by atoms with Gasteiger partial charge in [-0.3, -0.25) is 0 Å². The van der Waals surface area contributed by atoms with Crippen LogP contribution in [0.2, 0.25) is 0 Å². The molecule has 1 fully saturated rings. The van der Waals surface area contributed by atoms with Gasteiger partial charge in [-0.25, -0.2) is 8.42 Å². The first-order valence-corrected chi connectivity index (χ1v) is 10.4. The standard InChI is InChI=1S/C19H21BrO4S/c1-19(2,3)14-7-4-5-9-16(14)25(21,22)17-10-6-8-15(20)18(17)24-12-13-11-23-13/h4-10,13H,11-12H2,1-3H3. The number of rotatable bonds is 5. The summed E-state index contributed by atoms with van der Waals surface area (Å²) in [7, 11) is -3.73. The average molecular weight is 425 g/mol. The van der Waals surface area contributed by atoms with Crippen molar-refractivity contribution in [1.29, 1.82) is 0 Å². The van der Waals surface area contributed by atoms with E-state index >= 15 is 0 Å². The molecule has 1 saturated heterocycles. The molecule has 0 saturated carbocycles. The van der Waals surface area contributed by atoms with Crippen LogP contribution in [-0.2, 0) is 20.0 Å². The molecule has 6 heteroatoms. The van der Waals surface area contributed by atoms with Gasteiger partial charge in [-0.05, 0) is 45.1 Å². The fourth-order valence-electron chi connectivity index (χ4n) is 2.62. The monoisotopic (exact) mass is 424 g/mol. The maximum absolute atomic E-state index is 13.4.